The second-order valence-electron chi connectivity index (χ2n) is 8.91. The van der Waals surface area contributed by atoms with E-state index in [1.165, 1.54) is 3.97 Å². The van der Waals surface area contributed by atoms with E-state index in [9.17, 15) is 13.5 Å². The Kier molecular flexibility index (Phi) is 5.10. The largest absolute Gasteiger partial charge is 0.497 e. The van der Waals surface area contributed by atoms with Crippen LogP contribution in [0.5, 0.6) is 5.75 Å². The molecule has 1 aliphatic carbocycles. The molecule has 0 saturated heterocycles. The highest BCUT2D eigenvalue weighted by Gasteiger charge is 2.58. The molecule has 2 atom stereocenters. The van der Waals surface area contributed by atoms with Gasteiger partial charge in [-0.2, -0.15) is 0 Å². The first-order chi connectivity index (χ1) is 15.8. The molecule has 1 heterocycles. The molecule has 0 spiro atoms. The number of ether oxygens (including phenoxy) is 1. The molecule has 170 valence electrons. The number of aryl methyl sites for hydroxylation is 2. The van der Waals surface area contributed by atoms with Crippen molar-refractivity contribution >= 4 is 20.9 Å². The van der Waals surface area contributed by atoms with Crippen LogP contribution in [0.4, 0.5) is 0 Å². The Hall–Kier alpha value is -3.09. The highest BCUT2D eigenvalue weighted by molar-refractivity contribution is 7.90. The van der Waals surface area contributed by atoms with Crippen LogP contribution in [0.2, 0.25) is 0 Å². The van der Waals surface area contributed by atoms with E-state index in [2.05, 4.69) is 0 Å². The number of aliphatic hydroxyl groups is 1. The zero-order valence-electron chi connectivity index (χ0n) is 18.9. The van der Waals surface area contributed by atoms with E-state index in [-0.39, 0.29) is 17.4 Å². The third-order valence-electron chi connectivity index (χ3n) is 7.04. The second kappa shape index (κ2) is 7.75. The van der Waals surface area contributed by atoms with E-state index in [1.54, 1.807) is 19.2 Å². The number of hydrogen-bond acceptors (Lipinski definition) is 4. The smallest absolute Gasteiger partial charge is 0.268 e. The maximum atomic E-state index is 13.9. The summed E-state index contributed by atoms with van der Waals surface area (Å²) in [7, 11) is -2.21. The molecule has 5 nitrogen and oxygen atoms in total. The van der Waals surface area contributed by atoms with Gasteiger partial charge in [0.25, 0.3) is 10.0 Å². The molecule has 1 saturated carbocycles. The topological polar surface area (TPSA) is 68.5 Å². The summed E-state index contributed by atoms with van der Waals surface area (Å²) in [6, 6.07) is 22.3. The molecule has 0 radical (unpaired) electrons. The van der Waals surface area contributed by atoms with Crippen LogP contribution in [-0.2, 0) is 15.4 Å². The fraction of sp³-hybridized carbons (Fsp3) is 0.259. The summed E-state index contributed by atoms with van der Waals surface area (Å²) < 4.78 is 34.6. The number of para-hydroxylation sites is 1. The molecular weight excluding hydrogens is 434 g/mol. The van der Waals surface area contributed by atoms with Crippen LogP contribution in [-0.4, -0.2) is 31.2 Å². The zero-order chi connectivity index (χ0) is 23.4. The van der Waals surface area contributed by atoms with Gasteiger partial charge < -0.3 is 9.84 Å². The first-order valence-electron chi connectivity index (χ1n) is 11.0. The van der Waals surface area contributed by atoms with Crippen molar-refractivity contribution in [3.63, 3.8) is 0 Å². The number of methoxy groups -OCH3 is 1. The molecule has 1 N–H and O–H groups in total. The molecule has 1 fully saturated rings. The van der Waals surface area contributed by atoms with Gasteiger partial charge in [0.2, 0.25) is 0 Å². The predicted octanol–water partition coefficient (Wildman–Crippen LogP) is 4.92. The van der Waals surface area contributed by atoms with Crippen LogP contribution < -0.4 is 4.74 Å². The number of rotatable bonds is 6. The van der Waals surface area contributed by atoms with Gasteiger partial charge in [-0.3, -0.25) is 0 Å². The lowest BCUT2D eigenvalue weighted by Gasteiger charge is -2.18. The minimum absolute atomic E-state index is 0.0600. The molecule has 1 unspecified atom stereocenters. The van der Waals surface area contributed by atoms with E-state index < -0.39 is 15.4 Å². The molecule has 1 aromatic heterocycles. The number of benzene rings is 3. The zero-order valence-corrected chi connectivity index (χ0v) is 19.8. The van der Waals surface area contributed by atoms with Crippen molar-refractivity contribution in [2.24, 2.45) is 0 Å². The maximum Gasteiger partial charge on any atom is 0.268 e. The molecule has 4 aromatic rings. The minimum atomic E-state index is -3.83. The lowest BCUT2D eigenvalue weighted by atomic mass is 9.92. The third-order valence-corrected chi connectivity index (χ3v) is 8.78. The number of nitrogens with zero attached hydrogens (tertiary/aromatic N) is 1. The quantitative estimate of drug-likeness (QED) is 0.442. The van der Waals surface area contributed by atoms with Gasteiger partial charge in [0.1, 0.15) is 5.75 Å². The van der Waals surface area contributed by atoms with Crippen molar-refractivity contribution in [1.29, 1.82) is 0 Å². The summed E-state index contributed by atoms with van der Waals surface area (Å²) in [5, 5.41) is 11.4. The summed E-state index contributed by atoms with van der Waals surface area (Å²) >= 11 is 0. The Morgan fingerprint density at radius 1 is 1.00 bits per heavy atom. The number of aromatic nitrogens is 1. The first-order valence-corrected chi connectivity index (χ1v) is 12.4. The average Bonchev–Trinajstić information content (AvgIpc) is 3.50. The van der Waals surface area contributed by atoms with E-state index in [4.69, 9.17) is 4.74 Å². The molecule has 3 aromatic carbocycles. The Bertz CT molecular complexity index is 1440. The molecule has 1 aliphatic rings. The van der Waals surface area contributed by atoms with Gasteiger partial charge in [-0.05, 0) is 61.7 Å². The minimum Gasteiger partial charge on any atom is -0.497 e. The fourth-order valence-corrected chi connectivity index (χ4v) is 6.67. The van der Waals surface area contributed by atoms with Crippen molar-refractivity contribution in [2.75, 3.05) is 13.7 Å². The maximum absolute atomic E-state index is 13.9. The van der Waals surface area contributed by atoms with Crippen molar-refractivity contribution in [3.05, 3.63) is 95.2 Å². The fourth-order valence-electron chi connectivity index (χ4n) is 5.04. The summed E-state index contributed by atoms with van der Waals surface area (Å²) in [5.41, 5.74) is 3.82. The van der Waals surface area contributed by atoms with Crippen LogP contribution in [0.25, 0.3) is 10.9 Å². The van der Waals surface area contributed by atoms with Crippen LogP contribution in [0, 0.1) is 13.8 Å². The van der Waals surface area contributed by atoms with Crippen molar-refractivity contribution < 1.29 is 18.3 Å². The third kappa shape index (κ3) is 3.28. The predicted molar refractivity (Wildman–Crippen MR) is 130 cm³/mol. The van der Waals surface area contributed by atoms with E-state index >= 15 is 0 Å². The van der Waals surface area contributed by atoms with Gasteiger partial charge in [-0.25, -0.2) is 12.4 Å². The molecule has 6 heteroatoms. The van der Waals surface area contributed by atoms with E-state index in [0.717, 1.165) is 33.5 Å². The van der Waals surface area contributed by atoms with Gasteiger partial charge >= 0.3 is 0 Å². The van der Waals surface area contributed by atoms with E-state index in [0.29, 0.717) is 11.9 Å². The SMILES string of the molecule is COc1ccc([C@]2(CO)CC2c2c(C)c3ccccc3n2S(=O)(=O)c2ccc(C)cc2)cc1. The monoisotopic (exact) mass is 461 g/mol. The van der Waals surface area contributed by atoms with Gasteiger partial charge in [-0.15, -0.1) is 0 Å². The Balaban J connectivity index is 1.71. The second-order valence-corrected chi connectivity index (χ2v) is 10.7. The van der Waals surface area contributed by atoms with Gasteiger partial charge in [0.15, 0.2) is 0 Å². The summed E-state index contributed by atoms with van der Waals surface area (Å²) in [4.78, 5) is 0.259. The highest BCUT2D eigenvalue weighted by Crippen LogP contribution is 2.62. The summed E-state index contributed by atoms with van der Waals surface area (Å²) in [6.07, 6.45) is 0.677. The van der Waals surface area contributed by atoms with E-state index in [1.807, 2.05) is 74.5 Å². The Morgan fingerprint density at radius 3 is 2.30 bits per heavy atom. The van der Waals surface area contributed by atoms with Crippen LogP contribution in [0.3, 0.4) is 0 Å². The van der Waals surface area contributed by atoms with Crippen molar-refractivity contribution in [1.82, 2.24) is 3.97 Å². The number of fused-ring (bicyclic) bond motifs is 1. The van der Waals surface area contributed by atoms with Gasteiger partial charge in [0.05, 0.1) is 24.1 Å². The molecular formula is C27H27NO4S. The highest BCUT2D eigenvalue weighted by atomic mass is 32.2. The van der Waals surface area contributed by atoms with Crippen LogP contribution in [0.15, 0.2) is 77.7 Å². The first kappa shape index (κ1) is 21.7. The lowest BCUT2D eigenvalue weighted by molar-refractivity contribution is 0.251. The molecule has 0 aliphatic heterocycles. The average molecular weight is 462 g/mol. The molecule has 33 heavy (non-hydrogen) atoms. The van der Waals surface area contributed by atoms with Crippen molar-refractivity contribution in [3.8, 4) is 5.75 Å². The number of hydrogen-bond donors (Lipinski definition) is 1. The van der Waals surface area contributed by atoms with Crippen LogP contribution >= 0.6 is 0 Å². The standard InChI is InChI=1S/C27H27NO4S/c1-18-8-14-22(15-9-18)33(30,31)28-25-7-5-4-6-23(25)19(2)26(28)24-16-27(24,17-29)20-10-12-21(32-3)13-11-20/h4-15,24,29H,16-17H2,1-3H3/t24?,27-/m1/s1. The number of aliphatic hydroxyl groups excluding tert-OH is 1. The van der Waals surface area contributed by atoms with Crippen LogP contribution in [0.1, 0.15) is 34.7 Å². The van der Waals surface area contributed by atoms with Crippen molar-refractivity contribution in [2.45, 2.75) is 36.5 Å². The molecule has 0 bridgehead atoms. The lowest BCUT2D eigenvalue weighted by Crippen LogP contribution is -2.20. The Labute approximate surface area is 194 Å². The van der Waals surface area contributed by atoms with Gasteiger partial charge in [-0.1, -0.05) is 48.0 Å². The normalized spacial score (nSPS) is 20.2. The van der Waals surface area contributed by atoms with Gasteiger partial charge in [0, 0.05) is 22.4 Å². The molecule has 5 rings (SSSR count). The Morgan fingerprint density at radius 2 is 1.67 bits per heavy atom. The molecule has 0 amide bonds. The summed E-state index contributed by atoms with van der Waals surface area (Å²) in [6.45, 7) is 3.86. The summed E-state index contributed by atoms with van der Waals surface area (Å²) in [5.74, 6) is 0.625.